The van der Waals surface area contributed by atoms with Crippen LogP contribution in [0.1, 0.15) is 32.1 Å². The third-order valence-electron chi connectivity index (χ3n) is 4.94. The van der Waals surface area contributed by atoms with E-state index in [0.717, 1.165) is 31.6 Å². The van der Waals surface area contributed by atoms with Crippen LogP contribution < -0.4 is 5.32 Å². The van der Waals surface area contributed by atoms with Gasteiger partial charge in [0.05, 0.1) is 6.54 Å². The number of piperidine rings is 2. The molecule has 2 fully saturated rings. The van der Waals surface area contributed by atoms with E-state index in [-0.39, 0.29) is 5.91 Å². The highest BCUT2D eigenvalue weighted by Gasteiger charge is 2.27. The molecule has 1 N–H and O–H groups in total. The molecule has 0 saturated carbocycles. The fourth-order valence-electron chi connectivity index (χ4n) is 3.61. The number of likely N-dealkylation sites (tertiary alicyclic amines) is 2. The molecule has 0 atom stereocenters. The van der Waals surface area contributed by atoms with Crippen LogP contribution in [0.5, 0.6) is 0 Å². The van der Waals surface area contributed by atoms with Crippen LogP contribution in [-0.4, -0.2) is 54.5 Å². The summed E-state index contributed by atoms with van der Waals surface area (Å²) in [7, 11) is 0. The van der Waals surface area contributed by atoms with Crippen LogP contribution in [0.15, 0.2) is 30.3 Å². The van der Waals surface area contributed by atoms with E-state index >= 15 is 0 Å². The number of hydrogen-bond donors (Lipinski definition) is 1. The van der Waals surface area contributed by atoms with E-state index in [1.54, 1.807) is 0 Å². The summed E-state index contributed by atoms with van der Waals surface area (Å²) < 4.78 is 0. The van der Waals surface area contributed by atoms with Gasteiger partial charge >= 0.3 is 0 Å². The molecule has 0 radical (unpaired) electrons. The maximum Gasteiger partial charge on any atom is 0.241 e. The Kier molecular flexibility index (Phi) is 5.33. The number of carbonyl (C=O) groups excluding carboxylic acids is 1. The first-order chi connectivity index (χ1) is 10.8. The molecule has 0 aromatic heterocycles. The normalized spacial score (nSPS) is 20.8. The van der Waals surface area contributed by atoms with Gasteiger partial charge in [0.1, 0.15) is 0 Å². The minimum Gasteiger partial charge on any atom is -0.376 e. The number of benzene rings is 1. The quantitative estimate of drug-likeness (QED) is 0.928. The molecule has 4 heteroatoms. The van der Waals surface area contributed by atoms with Crippen LogP contribution in [0.25, 0.3) is 0 Å². The van der Waals surface area contributed by atoms with Gasteiger partial charge in [0.25, 0.3) is 0 Å². The van der Waals surface area contributed by atoms with E-state index < -0.39 is 0 Å². The van der Waals surface area contributed by atoms with Gasteiger partial charge in [0.15, 0.2) is 0 Å². The summed E-state index contributed by atoms with van der Waals surface area (Å²) >= 11 is 0. The minimum atomic E-state index is 0.223. The summed E-state index contributed by atoms with van der Waals surface area (Å²) in [6.07, 6.45) is 6.35. The summed E-state index contributed by atoms with van der Waals surface area (Å²) in [5.74, 6) is 0.223. The lowest BCUT2D eigenvalue weighted by molar-refractivity contribution is -0.130. The molecule has 1 aromatic carbocycles. The second kappa shape index (κ2) is 7.63. The number of nitrogens with one attached hydrogen (secondary N) is 1. The molecule has 4 nitrogen and oxygen atoms in total. The van der Waals surface area contributed by atoms with Crippen molar-refractivity contribution in [3.05, 3.63) is 30.3 Å². The van der Waals surface area contributed by atoms with Gasteiger partial charge in [0.2, 0.25) is 5.91 Å². The third kappa shape index (κ3) is 4.01. The fourth-order valence-corrected chi connectivity index (χ4v) is 3.61. The molecule has 120 valence electrons. The summed E-state index contributed by atoms with van der Waals surface area (Å²) in [5, 5.41) is 3.21. The van der Waals surface area contributed by atoms with Gasteiger partial charge in [-0.3, -0.25) is 4.79 Å². The molecule has 1 aromatic rings. The van der Waals surface area contributed by atoms with Gasteiger partial charge < -0.3 is 15.1 Å². The molecule has 2 aliphatic heterocycles. The average Bonchev–Trinajstić information content (AvgIpc) is 2.61. The van der Waals surface area contributed by atoms with Crippen molar-refractivity contribution in [2.24, 2.45) is 0 Å². The van der Waals surface area contributed by atoms with Crippen LogP contribution in [0.3, 0.4) is 0 Å². The van der Waals surface area contributed by atoms with E-state index in [1.807, 2.05) is 35.2 Å². The predicted octanol–water partition coefficient (Wildman–Crippen LogP) is 2.58. The van der Waals surface area contributed by atoms with E-state index in [1.165, 1.54) is 32.4 Å². The Morgan fingerprint density at radius 1 is 1.00 bits per heavy atom. The Hall–Kier alpha value is -1.55. The van der Waals surface area contributed by atoms with E-state index in [4.69, 9.17) is 0 Å². The van der Waals surface area contributed by atoms with Crippen LogP contribution in [-0.2, 0) is 4.79 Å². The highest BCUT2D eigenvalue weighted by Crippen LogP contribution is 2.20. The molecule has 0 unspecified atom stereocenters. The average molecular weight is 301 g/mol. The highest BCUT2D eigenvalue weighted by molar-refractivity contribution is 5.80. The van der Waals surface area contributed by atoms with Gasteiger partial charge in [-0.2, -0.15) is 0 Å². The number of carbonyl (C=O) groups is 1. The number of anilines is 1. The van der Waals surface area contributed by atoms with E-state index in [0.29, 0.717) is 12.6 Å². The summed E-state index contributed by atoms with van der Waals surface area (Å²) in [6.45, 7) is 4.74. The van der Waals surface area contributed by atoms with Gasteiger partial charge in [-0.25, -0.2) is 0 Å². The molecule has 0 aliphatic carbocycles. The fraction of sp³-hybridized carbons (Fsp3) is 0.611. The summed E-state index contributed by atoms with van der Waals surface area (Å²) in [6, 6.07) is 10.6. The SMILES string of the molecule is O=C(CNc1ccccc1)N1CCC(N2CCCCC2)CC1. The number of rotatable bonds is 4. The van der Waals surface area contributed by atoms with Crippen molar-refractivity contribution >= 4 is 11.6 Å². The molecule has 0 bridgehead atoms. The topological polar surface area (TPSA) is 35.6 Å². The predicted molar refractivity (Wildman–Crippen MR) is 90.0 cm³/mol. The Balaban J connectivity index is 1.41. The van der Waals surface area contributed by atoms with Crippen molar-refractivity contribution in [2.75, 3.05) is 38.0 Å². The lowest BCUT2D eigenvalue weighted by Crippen LogP contribution is -2.49. The second-order valence-electron chi connectivity index (χ2n) is 6.43. The lowest BCUT2D eigenvalue weighted by Gasteiger charge is -2.40. The first kappa shape index (κ1) is 15.3. The Bertz CT molecular complexity index is 462. The van der Waals surface area contributed by atoms with Gasteiger partial charge in [0, 0.05) is 24.8 Å². The first-order valence-electron chi connectivity index (χ1n) is 8.64. The number of amides is 1. The lowest BCUT2D eigenvalue weighted by atomic mass is 10.00. The Labute approximate surface area is 133 Å². The van der Waals surface area contributed by atoms with Gasteiger partial charge in [-0.15, -0.1) is 0 Å². The molecular formula is C18H27N3O. The van der Waals surface area contributed by atoms with E-state index in [9.17, 15) is 4.79 Å². The largest absolute Gasteiger partial charge is 0.376 e. The van der Waals surface area contributed by atoms with Gasteiger partial charge in [-0.05, 0) is 50.9 Å². The van der Waals surface area contributed by atoms with E-state index in [2.05, 4.69) is 10.2 Å². The Morgan fingerprint density at radius 2 is 1.68 bits per heavy atom. The highest BCUT2D eigenvalue weighted by atomic mass is 16.2. The third-order valence-corrected chi connectivity index (χ3v) is 4.94. The zero-order valence-electron chi connectivity index (χ0n) is 13.3. The molecule has 22 heavy (non-hydrogen) atoms. The standard InChI is InChI=1S/C18H27N3O/c22-18(15-19-16-7-3-1-4-8-16)21-13-9-17(10-14-21)20-11-5-2-6-12-20/h1,3-4,7-8,17,19H,2,5-6,9-15H2. The van der Waals surface area contributed by atoms with Gasteiger partial charge in [-0.1, -0.05) is 24.6 Å². The summed E-state index contributed by atoms with van der Waals surface area (Å²) in [5.41, 5.74) is 1.01. The minimum absolute atomic E-state index is 0.223. The zero-order valence-corrected chi connectivity index (χ0v) is 13.3. The molecule has 1 amide bonds. The first-order valence-corrected chi connectivity index (χ1v) is 8.64. The molecule has 3 rings (SSSR count). The van der Waals surface area contributed by atoms with Crippen molar-refractivity contribution in [2.45, 2.75) is 38.1 Å². The maximum absolute atomic E-state index is 12.3. The van der Waals surface area contributed by atoms with Crippen LogP contribution in [0.4, 0.5) is 5.69 Å². The number of nitrogens with zero attached hydrogens (tertiary/aromatic N) is 2. The maximum atomic E-state index is 12.3. The van der Waals surface area contributed by atoms with Crippen molar-refractivity contribution in [1.82, 2.24) is 9.80 Å². The number of hydrogen-bond acceptors (Lipinski definition) is 3. The van der Waals surface area contributed by atoms with Crippen molar-refractivity contribution in [3.8, 4) is 0 Å². The van der Waals surface area contributed by atoms with Crippen molar-refractivity contribution in [1.29, 1.82) is 0 Å². The van der Waals surface area contributed by atoms with Crippen LogP contribution in [0, 0.1) is 0 Å². The van der Waals surface area contributed by atoms with Crippen LogP contribution in [0.2, 0.25) is 0 Å². The number of para-hydroxylation sites is 1. The van der Waals surface area contributed by atoms with Crippen molar-refractivity contribution in [3.63, 3.8) is 0 Å². The van der Waals surface area contributed by atoms with Crippen LogP contribution >= 0.6 is 0 Å². The molecule has 2 aliphatic rings. The molecule has 2 saturated heterocycles. The molecule has 0 spiro atoms. The Morgan fingerprint density at radius 3 is 2.36 bits per heavy atom. The zero-order chi connectivity index (χ0) is 15.2. The second-order valence-corrected chi connectivity index (χ2v) is 6.43. The summed E-state index contributed by atoms with van der Waals surface area (Å²) in [4.78, 5) is 17.0. The van der Waals surface area contributed by atoms with Crippen molar-refractivity contribution < 1.29 is 4.79 Å². The molecular weight excluding hydrogens is 274 g/mol. The molecule has 2 heterocycles. The monoisotopic (exact) mass is 301 g/mol. The smallest absolute Gasteiger partial charge is 0.241 e.